The van der Waals surface area contributed by atoms with Crippen LogP contribution in [0.2, 0.25) is 0 Å². The molecule has 1 rings (SSSR count). The maximum atomic E-state index is 10.9. The first-order chi connectivity index (χ1) is 6.56. The molecule has 1 aromatic rings. The van der Waals surface area contributed by atoms with Crippen LogP contribution >= 0.6 is 27.3 Å². The number of halogens is 1. The Hall–Kier alpha value is -0.390. The largest absolute Gasteiger partial charge is 0.469 e. The molecule has 1 heterocycles. The highest BCUT2D eigenvalue weighted by molar-refractivity contribution is 9.10. The third-order valence-corrected chi connectivity index (χ3v) is 4.33. The van der Waals surface area contributed by atoms with Crippen LogP contribution in [0.4, 0.5) is 0 Å². The molecule has 0 fully saturated rings. The Labute approximate surface area is 94.8 Å². The first kappa shape index (κ1) is 11.7. The van der Waals surface area contributed by atoms with Crippen LogP contribution in [0.5, 0.6) is 0 Å². The monoisotopic (exact) mass is 278 g/mol. The topological polar surface area (TPSA) is 46.5 Å². The van der Waals surface area contributed by atoms with Crippen molar-refractivity contribution in [3.63, 3.8) is 0 Å². The Bertz CT molecular complexity index is 335. The van der Waals surface area contributed by atoms with Gasteiger partial charge in [0.2, 0.25) is 0 Å². The Balaban J connectivity index is 2.74. The van der Waals surface area contributed by atoms with Gasteiger partial charge in [-0.2, -0.15) is 0 Å². The minimum Gasteiger partial charge on any atom is -0.469 e. The summed E-state index contributed by atoms with van der Waals surface area (Å²) in [5.74, 6) is -0.407. The molecule has 14 heavy (non-hydrogen) atoms. The van der Waals surface area contributed by atoms with Crippen molar-refractivity contribution in [2.75, 3.05) is 7.11 Å². The fourth-order valence-corrected chi connectivity index (χ4v) is 2.75. The molecule has 1 unspecified atom stereocenters. The standard InChI is InChI=1S/C9H11BrO3S/c1-5-4-14-9(8(5)10)6(11)3-7(12)13-2/h4,6,11H,3H2,1-2H3. The van der Waals surface area contributed by atoms with E-state index in [1.807, 2.05) is 12.3 Å². The summed E-state index contributed by atoms with van der Waals surface area (Å²) in [7, 11) is 1.31. The van der Waals surface area contributed by atoms with Gasteiger partial charge >= 0.3 is 5.97 Å². The Kier molecular flexibility index (Phi) is 4.10. The quantitative estimate of drug-likeness (QED) is 0.864. The smallest absolute Gasteiger partial charge is 0.308 e. The van der Waals surface area contributed by atoms with Gasteiger partial charge in [-0.05, 0) is 33.8 Å². The summed E-state index contributed by atoms with van der Waals surface area (Å²) in [4.78, 5) is 11.7. The van der Waals surface area contributed by atoms with Crippen molar-refractivity contribution >= 4 is 33.2 Å². The van der Waals surface area contributed by atoms with Gasteiger partial charge in [0.15, 0.2) is 0 Å². The second-order valence-electron chi connectivity index (χ2n) is 2.89. The summed E-state index contributed by atoms with van der Waals surface area (Å²) in [6.07, 6.45) is -0.787. The molecule has 0 amide bonds. The van der Waals surface area contributed by atoms with Crippen LogP contribution in [-0.4, -0.2) is 18.2 Å². The molecule has 78 valence electrons. The summed E-state index contributed by atoms with van der Waals surface area (Å²) in [6.45, 7) is 1.94. The van der Waals surface area contributed by atoms with Crippen LogP contribution < -0.4 is 0 Å². The van der Waals surface area contributed by atoms with Gasteiger partial charge in [0.25, 0.3) is 0 Å². The number of hydrogen-bond acceptors (Lipinski definition) is 4. The molecule has 0 spiro atoms. The van der Waals surface area contributed by atoms with Gasteiger partial charge in [-0.3, -0.25) is 4.79 Å². The van der Waals surface area contributed by atoms with E-state index in [0.29, 0.717) is 0 Å². The first-order valence-electron chi connectivity index (χ1n) is 4.04. The lowest BCUT2D eigenvalue weighted by Crippen LogP contribution is -2.07. The van der Waals surface area contributed by atoms with E-state index in [1.54, 1.807) is 0 Å². The number of thiophene rings is 1. The van der Waals surface area contributed by atoms with Crippen molar-refractivity contribution in [1.29, 1.82) is 0 Å². The van der Waals surface area contributed by atoms with Crippen molar-refractivity contribution in [3.05, 3.63) is 20.3 Å². The van der Waals surface area contributed by atoms with Gasteiger partial charge in [-0.15, -0.1) is 11.3 Å². The minimum absolute atomic E-state index is 0.00491. The van der Waals surface area contributed by atoms with E-state index in [-0.39, 0.29) is 6.42 Å². The predicted molar refractivity (Wildman–Crippen MR) is 58.3 cm³/mol. The van der Waals surface area contributed by atoms with Gasteiger partial charge in [-0.25, -0.2) is 0 Å². The number of aliphatic hydroxyl groups excluding tert-OH is 1. The second-order valence-corrected chi connectivity index (χ2v) is 4.60. The highest BCUT2D eigenvalue weighted by atomic mass is 79.9. The molecule has 1 aromatic heterocycles. The van der Waals surface area contributed by atoms with Gasteiger partial charge in [0.1, 0.15) is 0 Å². The number of methoxy groups -OCH3 is 1. The zero-order valence-electron chi connectivity index (χ0n) is 7.91. The van der Waals surface area contributed by atoms with Gasteiger partial charge in [0, 0.05) is 9.35 Å². The average molecular weight is 279 g/mol. The Morgan fingerprint density at radius 2 is 2.43 bits per heavy atom. The van der Waals surface area contributed by atoms with E-state index >= 15 is 0 Å². The van der Waals surface area contributed by atoms with Crippen LogP contribution in [0, 0.1) is 6.92 Å². The molecule has 0 aromatic carbocycles. The Morgan fingerprint density at radius 1 is 1.79 bits per heavy atom. The lowest BCUT2D eigenvalue weighted by molar-refractivity contribution is -0.142. The molecule has 1 N–H and O–H groups in total. The van der Waals surface area contributed by atoms with Crippen molar-refractivity contribution in [2.45, 2.75) is 19.4 Å². The first-order valence-corrected chi connectivity index (χ1v) is 5.72. The molecule has 0 saturated heterocycles. The number of rotatable bonds is 3. The minimum atomic E-state index is -0.782. The van der Waals surface area contributed by atoms with E-state index in [1.165, 1.54) is 18.4 Å². The third kappa shape index (κ3) is 2.56. The highest BCUT2D eigenvalue weighted by Gasteiger charge is 2.18. The van der Waals surface area contributed by atoms with Crippen LogP contribution in [0.3, 0.4) is 0 Å². The van der Waals surface area contributed by atoms with E-state index in [0.717, 1.165) is 14.9 Å². The molecule has 0 bridgehead atoms. The SMILES string of the molecule is COC(=O)CC(O)c1scc(C)c1Br. The van der Waals surface area contributed by atoms with Crippen molar-refractivity contribution in [3.8, 4) is 0 Å². The summed E-state index contributed by atoms with van der Waals surface area (Å²) in [5, 5.41) is 11.6. The van der Waals surface area contributed by atoms with E-state index < -0.39 is 12.1 Å². The molecule has 0 aliphatic heterocycles. The number of carbonyl (C=O) groups excluding carboxylic acids is 1. The zero-order chi connectivity index (χ0) is 10.7. The van der Waals surface area contributed by atoms with Crippen LogP contribution in [0.1, 0.15) is 23.0 Å². The van der Waals surface area contributed by atoms with E-state index in [2.05, 4.69) is 20.7 Å². The number of carbonyl (C=O) groups is 1. The number of hydrogen-bond donors (Lipinski definition) is 1. The molecule has 0 radical (unpaired) electrons. The zero-order valence-corrected chi connectivity index (χ0v) is 10.3. The molecule has 1 atom stereocenters. The summed E-state index contributed by atoms with van der Waals surface area (Å²) >= 11 is 4.79. The summed E-state index contributed by atoms with van der Waals surface area (Å²) in [5.41, 5.74) is 1.06. The van der Waals surface area contributed by atoms with Gasteiger partial charge < -0.3 is 9.84 Å². The van der Waals surface area contributed by atoms with Crippen LogP contribution in [0.15, 0.2) is 9.85 Å². The lowest BCUT2D eigenvalue weighted by atomic mass is 10.2. The van der Waals surface area contributed by atoms with E-state index in [9.17, 15) is 9.90 Å². The molecule has 0 aliphatic rings. The van der Waals surface area contributed by atoms with Gasteiger partial charge in [-0.1, -0.05) is 0 Å². The lowest BCUT2D eigenvalue weighted by Gasteiger charge is -2.07. The molecule has 0 aliphatic carbocycles. The fourth-order valence-electron chi connectivity index (χ4n) is 1.01. The molecule has 3 nitrogen and oxygen atoms in total. The highest BCUT2D eigenvalue weighted by Crippen LogP contribution is 2.34. The third-order valence-electron chi connectivity index (χ3n) is 1.82. The number of esters is 1. The van der Waals surface area contributed by atoms with Gasteiger partial charge in [0.05, 0.1) is 19.6 Å². The summed E-state index contributed by atoms with van der Waals surface area (Å²) < 4.78 is 5.35. The second kappa shape index (κ2) is 4.91. The maximum Gasteiger partial charge on any atom is 0.308 e. The average Bonchev–Trinajstić information content (AvgIpc) is 2.47. The molecule has 5 heteroatoms. The molecular weight excluding hydrogens is 268 g/mol. The van der Waals surface area contributed by atoms with Crippen LogP contribution in [-0.2, 0) is 9.53 Å². The predicted octanol–water partition coefficient (Wildman–Crippen LogP) is 2.42. The number of aryl methyl sites for hydroxylation is 1. The van der Waals surface area contributed by atoms with Crippen molar-refractivity contribution in [1.82, 2.24) is 0 Å². The van der Waals surface area contributed by atoms with E-state index in [4.69, 9.17) is 0 Å². The normalized spacial score (nSPS) is 12.6. The van der Waals surface area contributed by atoms with Crippen molar-refractivity contribution in [2.24, 2.45) is 0 Å². The number of ether oxygens (including phenoxy) is 1. The maximum absolute atomic E-state index is 10.9. The number of aliphatic hydroxyl groups is 1. The van der Waals surface area contributed by atoms with Crippen LogP contribution in [0.25, 0.3) is 0 Å². The summed E-state index contributed by atoms with van der Waals surface area (Å²) in [6, 6.07) is 0. The fraction of sp³-hybridized carbons (Fsp3) is 0.444. The molecule has 0 saturated carbocycles. The Morgan fingerprint density at radius 3 is 2.86 bits per heavy atom. The molecular formula is C9H11BrO3S. The van der Waals surface area contributed by atoms with Crippen molar-refractivity contribution < 1.29 is 14.6 Å².